The number of benzene rings is 1. The summed E-state index contributed by atoms with van der Waals surface area (Å²) in [5.41, 5.74) is -0.244. The van der Waals surface area contributed by atoms with E-state index in [1.54, 1.807) is 24.8 Å². The summed E-state index contributed by atoms with van der Waals surface area (Å²) in [4.78, 5) is 14.0. The molecule has 0 fully saturated rings. The Balaban J connectivity index is 2.08. The van der Waals surface area contributed by atoms with Crippen LogP contribution >= 0.6 is 0 Å². The second-order valence-electron chi connectivity index (χ2n) is 5.73. The van der Waals surface area contributed by atoms with Crippen molar-refractivity contribution in [3.63, 3.8) is 0 Å². The highest BCUT2D eigenvalue weighted by molar-refractivity contribution is 5.82. The van der Waals surface area contributed by atoms with Crippen molar-refractivity contribution in [3.05, 3.63) is 29.6 Å². The molecule has 2 rings (SSSR count). The van der Waals surface area contributed by atoms with E-state index in [1.807, 2.05) is 6.92 Å². The molecule has 0 spiro atoms. The van der Waals surface area contributed by atoms with Gasteiger partial charge in [-0.3, -0.25) is 4.79 Å². The van der Waals surface area contributed by atoms with E-state index < -0.39 is 11.7 Å². The second kappa shape index (κ2) is 5.40. The number of nitrogens with zero attached hydrogens (tertiary/aromatic N) is 1. The zero-order valence-electron chi connectivity index (χ0n) is 12.0. The van der Waals surface area contributed by atoms with Gasteiger partial charge >= 0.3 is 0 Å². The van der Waals surface area contributed by atoms with Crippen LogP contribution in [0.4, 0.5) is 4.39 Å². The van der Waals surface area contributed by atoms with E-state index in [1.165, 1.54) is 12.1 Å². The van der Waals surface area contributed by atoms with Gasteiger partial charge in [-0.2, -0.15) is 0 Å². The van der Waals surface area contributed by atoms with E-state index in [-0.39, 0.29) is 18.3 Å². The van der Waals surface area contributed by atoms with Gasteiger partial charge in [-0.05, 0) is 39.0 Å². The Morgan fingerprint density at radius 2 is 2.25 bits per heavy atom. The van der Waals surface area contributed by atoms with E-state index in [0.717, 1.165) is 0 Å². The Morgan fingerprint density at radius 3 is 2.85 bits per heavy atom. The average molecular weight is 281 g/mol. The van der Waals surface area contributed by atoms with Gasteiger partial charge in [0.25, 0.3) is 5.91 Å². The predicted octanol–water partition coefficient (Wildman–Crippen LogP) is 1.75. The third-order valence-electron chi connectivity index (χ3n) is 3.24. The summed E-state index contributed by atoms with van der Waals surface area (Å²) in [7, 11) is 0. The van der Waals surface area contributed by atoms with E-state index in [4.69, 9.17) is 4.74 Å². The number of halogens is 1. The number of amides is 1. The van der Waals surface area contributed by atoms with E-state index in [2.05, 4.69) is 0 Å². The summed E-state index contributed by atoms with van der Waals surface area (Å²) in [6, 6.07) is 4.26. The highest BCUT2D eigenvalue weighted by atomic mass is 19.1. The van der Waals surface area contributed by atoms with Gasteiger partial charge < -0.3 is 14.7 Å². The molecule has 0 saturated carbocycles. The summed E-state index contributed by atoms with van der Waals surface area (Å²) < 4.78 is 18.7. The van der Waals surface area contributed by atoms with Crippen LogP contribution in [0.5, 0.6) is 5.75 Å². The number of fused-ring (bicyclic) bond motifs is 1. The van der Waals surface area contributed by atoms with Crippen molar-refractivity contribution in [2.75, 3.05) is 13.1 Å². The summed E-state index contributed by atoms with van der Waals surface area (Å²) in [5.74, 6) is 0.0552. The third-order valence-corrected chi connectivity index (χ3v) is 3.24. The van der Waals surface area contributed by atoms with Crippen LogP contribution in [-0.2, 0) is 11.2 Å². The molecule has 1 aliphatic heterocycles. The Bertz CT molecular complexity index is 510. The zero-order valence-corrected chi connectivity index (χ0v) is 12.0. The van der Waals surface area contributed by atoms with Crippen LogP contribution in [-0.4, -0.2) is 40.7 Å². The molecule has 1 atom stereocenters. The quantitative estimate of drug-likeness (QED) is 0.914. The van der Waals surface area contributed by atoms with Crippen LogP contribution in [0.15, 0.2) is 18.2 Å². The van der Waals surface area contributed by atoms with E-state index >= 15 is 0 Å². The molecular formula is C15H20FNO3. The molecule has 4 nitrogen and oxygen atoms in total. The summed E-state index contributed by atoms with van der Waals surface area (Å²) in [6.07, 6.45) is -0.261. The van der Waals surface area contributed by atoms with Gasteiger partial charge in [-0.1, -0.05) is 0 Å². The molecule has 1 aromatic rings. The van der Waals surface area contributed by atoms with Crippen LogP contribution in [0.3, 0.4) is 0 Å². The van der Waals surface area contributed by atoms with E-state index in [9.17, 15) is 14.3 Å². The van der Waals surface area contributed by atoms with Gasteiger partial charge in [-0.25, -0.2) is 4.39 Å². The monoisotopic (exact) mass is 281 g/mol. The fraction of sp³-hybridized carbons (Fsp3) is 0.533. The smallest absolute Gasteiger partial charge is 0.264 e. The molecule has 1 aliphatic rings. The molecule has 0 radical (unpaired) electrons. The number of carbonyl (C=O) groups is 1. The topological polar surface area (TPSA) is 49.8 Å². The lowest BCUT2D eigenvalue weighted by atomic mass is 10.1. The molecule has 5 heteroatoms. The highest BCUT2D eigenvalue weighted by Crippen LogP contribution is 2.30. The maximum absolute atomic E-state index is 13.2. The Kier molecular flexibility index (Phi) is 3.99. The normalized spacial score (nSPS) is 17.6. The number of carbonyl (C=O) groups excluding carboxylic acids is 1. The minimum absolute atomic E-state index is 0.175. The van der Waals surface area contributed by atoms with Crippen molar-refractivity contribution < 1.29 is 19.0 Å². The molecule has 0 aromatic heterocycles. The van der Waals surface area contributed by atoms with Crippen molar-refractivity contribution in [1.82, 2.24) is 4.90 Å². The van der Waals surface area contributed by atoms with Crippen LogP contribution in [0, 0.1) is 5.82 Å². The molecule has 1 unspecified atom stereocenters. The molecule has 1 aromatic carbocycles. The van der Waals surface area contributed by atoms with Crippen LogP contribution < -0.4 is 4.74 Å². The molecule has 1 amide bonds. The SMILES string of the molecule is CCN(CC(C)(C)O)C(=O)C1Cc2cc(F)ccc2O1. The minimum atomic E-state index is -0.955. The fourth-order valence-electron chi connectivity index (χ4n) is 2.37. The Morgan fingerprint density at radius 1 is 1.55 bits per heavy atom. The number of ether oxygens (including phenoxy) is 1. The average Bonchev–Trinajstić information content (AvgIpc) is 2.76. The van der Waals surface area contributed by atoms with Gasteiger partial charge in [-0.15, -0.1) is 0 Å². The summed E-state index contributed by atoms with van der Waals surface area (Å²) in [6.45, 7) is 5.90. The van der Waals surface area contributed by atoms with Crippen molar-refractivity contribution >= 4 is 5.91 Å². The summed E-state index contributed by atoms with van der Waals surface area (Å²) >= 11 is 0. The first kappa shape index (κ1) is 14.8. The van der Waals surface area contributed by atoms with Crippen molar-refractivity contribution in [3.8, 4) is 5.75 Å². The van der Waals surface area contributed by atoms with Crippen LogP contribution in [0.2, 0.25) is 0 Å². The predicted molar refractivity (Wildman–Crippen MR) is 73.1 cm³/mol. The first-order valence-electron chi connectivity index (χ1n) is 6.76. The third kappa shape index (κ3) is 3.28. The number of aliphatic hydroxyl groups is 1. The molecular weight excluding hydrogens is 261 g/mol. The largest absolute Gasteiger partial charge is 0.480 e. The van der Waals surface area contributed by atoms with Gasteiger partial charge in [0.15, 0.2) is 6.10 Å². The zero-order chi connectivity index (χ0) is 14.9. The van der Waals surface area contributed by atoms with Gasteiger partial charge in [0.05, 0.1) is 5.60 Å². The lowest BCUT2D eigenvalue weighted by Gasteiger charge is -2.29. The first-order valence-corrected chi connectivity index (χ1v) is 6.76. The van der Waals surface area contributed by atoms with Gasteiger partial charge in [0.1, 0.15) is 11.6 Å². The maximum Gasteiger partial charge on any atom is 0.264 e. The van der Waals surface area contributed by atoms with E-state index in [0.29, 0.717) is 24.3 Å². The lowest BCUT2D eigenvalue weighted by Crippen LogP contribution is -2.47. The summed E-state index contributed by atoms with van der Waals surface area (Å²) in [5, 5.41) is 9.84. The van der Waals surface area contributed by atoms with Crippen molar-refractivity contribution in [1.29, 1.82) is 0 Å². The Labute approximate surface area is 118 Å². The second-order valence-corrected chi connectivity index (χ2v) is 5.73. The van der Waals surface area contributed by atoms with Crippen molar-refractivity contribution in [2.24, 2.45) is 0 Å². The van der Waals surface area contributed by atoms with Crippen LogP contribution in [0.1, 0.15) is 26.3 Å². The molecule has 20 heavy (non-hydrogen) atoms. The molecule has 0 saturated heterocycles. The molecule has 1 N–H and O–H groups in total. The lowest BCUT2D eigenvalue weighted by molar-refractivity contribution is -0.140. The highest BCUT2D eigenvalue weighted by Gasteiger charge is 2.33. The molecule has 0 bridgehead atoms. The Hall–Kier alpha value is -1.62. The standard InChI is InChI=1S/C15H20FNO3/c1-4-17(9-15(2,3)19)14(18)13-8-10-7-11(16)5-6-12(10)20-13/h5-7,13,19H,4,8-9H2,1-3H3. The van der Waals surface area contributed by atoms with Crippen LogP contribution in [0.25, 0.3) is 0 Å². The molecule has 110 valence electrons. The molecule has 1 heterocycles. The number of rotatable bonds is 4. The minimum Gasteiger partial charge on any atom is -0.480 e. The van der Waals surface area contributed by atoms with Gasteiger partial charge in [0, 0.05) is 25.1 Å². The molecule has 0 aliphatic carbocycles. The fourth-order valence-corrected chi connectivity index (χ4v) is 2.37. The van der Waals surface area contributed by atoms with Crippen molar-refractivity contribution in [2.45, 2.75) is 38.9 Å². The number of likely N-dealkylation sites (N-methyl/N-ethyl adjacent to an activating group) is 1. The maximum atomic E-state index is 13.2. The van der Waals surface area contributed by atoms with Gasteiger partial charge in [0.2, 0.25) is 0 Å². The number of hydrogen-bond acceptors (Lipinski definition) is 3. The number of hydrogen-bond donors (Lipinski definition) is 1. The first-order chi connectivity index (χ1) is 9.30.